The van der Waals surface area contributed by atoms with Gasteiger partial charge in [-0.2, -0.15) is 0 Å². The van der Waals surface area contributed by atoms with Crippen molar-refractivity contribution in [1.82, 2.24) is 0 Å². The van der Waals surface area contributed by atoms with Crippen LogP contribution >= 0.6 is 0 Å². The monoisotopic (exact) mass is 426 g/mol. The topological polar surface area (TPSA) is 20.2 Å². The third-order valence-corrected chi connectivity index (χ3v) is 11.7. The van der Waals surface area contributed by atoms with Crippen LogP contribution in [0.5, 0.6) is 0 Å². The molecule has 0 aromatic heterocycles. The van der Waals surface area contributed by atoms with Gasteiger partial charge in [-0.05, 0) is 117 Å². The van der Waals surface area contributed by atoms with Crippen molar-refractivity contribution in [3.8, 4) is 0 Å². The molecule has 0 saturated heterocycles. The predicted octanol–water partition coefficient (Wildman–Crippen LogP) is 8.48. The fourth-order valence-electron chi connectivity index (χ4n) is 9.47. The second-order valence-corrected chi connectivity index (χ2v) is 13.6. The van der Waals surface area contributed by atoms with Crippen LogP contribution in [0.2, 0.25) is 0 Å². The summed E-state index contributed by atoms with van der Waals surface area (Å²) >= 11 is 0. The van der Waals surface area contributed by atoms with E-state index in [1.54, 1.807) is 0 Å². The van der Waals surface area contributed by atoms with Gasteiger partial charge in [0, 0.05) is 0 Å². The SMILES string of the molecule is CC(C)=CCC[C@@H](C)[C@H]1CC[C@@]2(C)C3=C(CC[C@@]12C)[C@]1(C)CC[C@@H](O)C(C)(C)[C@@H]1CC3. The minimum Gasteiger partial charge on any atom is -0.393 e. The zero-order valence-corrected chi connectivity index (χ0v) is 21.9. The zero-order valence-electron chi connectivity index (χ0n) is 21.9. The van der Waals surface area contributed by atoms with E-state index in [0.717, 1.165) is 18.3 Å². The van der Waals surface area contributed by atoms with E-state index in [2.05, 4.69) is 61.5 Å². The van der Waals surface area contributed by atoms with Crippen molar-refractivity contribution in [2.45, 2.75) is 126 Å². The van der Waals surface area contributed by atoms with Gasteiger partial charge in [0.05, 0.1) is 6.10 Å². The molecule has 31 heavy (non-hydrogen) atoms. The van der Waals surface area contributed by atoms with Gasteiger partial charge in [0.2, 0.25) is 0 Å². The summed E-state index contributed by atoms with van der Waals surface area (Å²) < 4.78 is 0. The van der Waals surface area contributed by atoms with E-state index in [-0.39, 0.29) is 11.5 Å². The van der Waals surface area contributed by atoms with Gasteiger partial charge in [-0.1, -0.05) is 64.3 Å². The Morgan fingerprint density at radius 3 is 2.35 bits per heavy atom. The summed E-state index contributed by atoms with van der Waals surface area (Å²) in [4.78, 5) is 0. The highest BCUT2D eigenvalue weighted by atomic mass is 16.3. The molecule has 0 aliphatic heterocycles. The van der Waals surface area contributed by atoms with Crippen molar-refractivity contribution in [1.29, 1.82) is 0 Å². The molecule has 4 aliphatic carbocycles. The highest BCUT2D eigenvalue weighted by Crippen LogP contribution is 2.72. The van der Waals surface area contributed by atoms with Gasteiger partial charge in [-0.3, -0.25) is 0 Å². The van der Waals surface area contributed by atoms with Crippen LogP contribution in [-0.2, 0) is 0 Å². The molecule has 176 valence electrons. The molecular weight excluding hydrogens is 376 g/mol. The number of hydrogen-bond donors (Lipinski definition) is 1. The summed E-state index contributed by atoms with van der Waals surface area (Å²) in [5.41, 5.74) is 6.41. The van der Waals surface area contributed by atoms with Crippen LogP contribution in [0.25, 0.3) is 0 Å². The van der Waals surface area contributed by atoms with Crippen molar-refractivity contribution in [3.63, 3.8) is 0 Å². The summed E-state index contributed by atoms with van der Waals surface area (Å²) in [5, 5.41) is 10.8. The molecule has 4 rings (SSSR count). The second kappa shape index (κ2) is 7.75. The lowest BCUT2D eigenvalue weighted by Gasteiger charge is -2.62. The lowest BCUT2D eigenvalue weighted by molar-refractivity contribution is -0.0962. The standard InChI is InChI=1S/C30H50O/c1-20(2)10-9-11-21(3)22-14-18-30(8)24-12-13-25-27(4,5)26(31)16-17-28(25,6)23(24)15-19-29(22,30)7/h10,21-22,25-26,31H,9,11-19H2,1-8H3/t21-,22-,25+,26-,28+,29+,30+/m1/s1. The Morgan fingerprint density at radius 2 is 1.68 bits per heavy atom. The molecule has 0 radical (unpaired) electrons. The van der Waals surface area contributed by atoms with E-state index in [1.165, 1.54) is 63.4 Å². The molecule has 0 aromatic rings. The molecule has 4 aliphatic rings. The quantitative estimate of drug-likeness (QED) is 0.447. The highest BCUT2D eigenvalue weighted by molar-refractivity contribution is 5.38. The fourth-order valence-corrected chi connectivity index (χ4v) is 9.47. The summed E-state index contributed by atoms with van der Waals surface area (Å²) in [6.45, 7) is 19.6. The second-order valence-electron chi connectivity index (χ2n) is 13.6. The van der Waals surface area contributed by atoms with Gasteiger partial charge >= 0.3 is 0 Å². The number of aliphatic hydroxyl groups is 1. The van der Waals surface area contributed by atoms with Gasteiger partial charge in [-0.25, -0.2) is 0 Å². The minimum absolute atomic E-state index is 0.0465. The van der Waals surface area contributed by atoms with E-state index < -0.39 is 0 Å². The van der Waals surface area contributed by atoms with Crippen molar-refractivity contribution >= 4 is 0 Å². The van der Waals surface area contributed by atoms with E-state index in [1.807, 2.05) is 11.1 Å². The predicted molar refractivity (Wildman–Crippen MR) is 133 cm³/mol. The summed E-state index contributed by atoms with van der Waals surface area (Å²) in [6.07, 6.45) is 15.2. The van der Waals surface area contributed by atoms with Crippen LogP contribution in [0.1, 0.15) is 120 Å². The Balaban J connectivity index is 1.65. The number of aliphatic hydroxyl groups excluding tert-OH is 1. The minimum atomic E-state index is -0.130. The van der Waals surface area contributed by atoms with E-state index in [0.29, 0.717) is 22.2 Å². The largest absolute Gasteiger partial charge is 0.393 e. The molecule has 0 aromatic carbocycles. The summed E-state index contributed by atoms with van der Waals surface area (Å²) in [5.74, 6) is 2.32. The Bertz CT molecular complexity index is 767. The van der Waals surface area contributed by atoms with Gasteiger partial charge in [0.15, 0.2) is 0 Å². The molecule has 0 unspecified atom stereocenters. The smallest absolute Gasteiger partial charge is 0.0594 e. The summed E-state index contributed by atoms with van der Waals surface area (Å²) in [7, 11) is 0. The molecule has 2 fully saturated rings. The lowest BCUT2D eigenvalue weighted by Crippen LogP contribution is -2.55. The lowest BCUT2D eigenvalue weighted by atomic mass is 9.43. The molecule has 1 nitrogen and oxygen atoms in total. The molecule has 1 heteroatoms. The number of fused-ring (bicyclic) bond motifs is 4. The van der Waals surface area contributed by atoms with Crippen LogP contribution in [0.3, 0.4) is 0 Å². The Morgan fingerprint density at radius 1 is 0.968 bits per heavy atom. The first-order valence-electron chi connectivity index (χ1n) is 13.4. The molecule has 7 atom stereocenters. The fraction of sp³-hybridized carbons (Fsp3) is 0.867. The molecule has 1 N–H and O–H groups in total. The molecule has 2 saturated carbocycles. The average molecular weight is 427 g/mol. The first kappa shape index (κ1) is 23.6. The number of allylic oxidation sites excluding steroid dienone is 4. The molecule has 0 bridgehead atoms. The van der Waals surface area contributed by atoms with Gasteiger partial charge < -0.3 is 5.11 Å². The van der Waals surface area contributed by atoms with Crippen LogP contribution in [0.4, 0.5) is 0 Å². The van der Waals surface area contributed by atoms with E-state index in [9.17, 15) is 5.11 Å². The maximum absolute atomic E-state index is 10.8. The molecule has 0 heterocycles. The Labute approximate surface area is 193 Å². The first-order valence-corrected chi connectivity index (χ1v) is 13.4. The van der Waals surface area contributed by atoms with Crippen LogP contribution in [0, 0.1) is 39.4 Å². The van der Waals surface area contributed by atoms with Crippen LogP contribution < -0.4 is 0 Å². The third kappa shape index (κ3) is 3.34. The third-order valence-electron chi connectivity index (χ3n) is 11.7. The van der Waals surface area contributed by atoms with E-state index in [4.69, 9.17) is 0 Å². The van der Waals surface area contributed by atoms with Gasteiger partial charge in [0.1, 0.15) is 0 Å². The van der Waals surface area contributed by atoms with E-state index >= 15 is 0 Å². The van der Waals surface area contributed by atoms with Gasteiger partial charge in [-0.15, -0.1) is 0 Å². The maximum atomic E-state index is 10.8. The molecular formula is C30H50O. The Kier molecular flexibility index (Phi) is 5.90. The zero-order chi connectivity index (χ0) is 22.8. The van der Waals surface area contributed by atoms with Crippen molar-refractivity contribution in [2.24, 2.45) is 39.4 Å². The average Bonchev–Trinajstić information content (AvgIpc) is 2.96. The van der Waals surface area contributed by atoms with Crippen molar-refractivity contribution in [2.75, 3.05) is 0 Å². The Hall–Kier alpha value is -0.560. The van der Waals surface area contributed by atoms with Crippen molar-refractivity contribution in [3.05, 3.63) is 22.8 Å². The number of hydrogen-bond acceptors (Lipinski definition) is 1. The van der Waals surface area contributed by atoms with Gasteiger partial charge in [0.25, 0.3) is 0 Å². The molecule has 0 spiro atoms. The van der Waals surface area contributed by atoms with Crippen LogP contribution in [0.15, 0.2) is 22.8 Å². The maximum Gasteiger partial charge on any atom is 0.0594 e. The number of rotatable bonds is 4. The summed E-state index contributed by atoms with van der Waals surface area (Å²) in [6, 6.07) is 0. The van der Waals surface area contributed by atoms with Crippen LogP contribution in [-0.4, -0.2) is 11.2 Å². The first-order chi connectivity index (χ1) is 14.4. The highest BCUT2D eigenvalue weighted by Gasteiger charge is 2.63. The van der Waals surface area contributed by atoms with Crippen molar-refractivity contribution < 1.29 is 5.11 Å². The molecule has 0 amide bonds. The normalized spacial score (nSPS) is 44.9.